The summed E-state index contributed by atoms with van der Waals surface area (Å²) in [4.78, 5) is 15.9. The molecule has 0 saturated carbocycles. The highest BCUT2D eigenvalue weighted by atomic mass is 16.5. The van der Waals surface area contributed by atoms with Gasteiger partial charge in [0.1, 0.15) is 5.75 Å². The van der Waals surface area contributed by atoms with E-state index >= 15 is 0 Å². The average Bonchev–Trinajstić information content (AvgIpc) is 2.56. The molecule has 2 aromatic carbocycles. The molecule has 23 heavy (non-hydrogen) atoms. The van der Waals surface area contributed by atoms with E-state index in [1.54, 1.807) is 4.90 Å². The van der Waals surface area contributed by atoms with Crippen molar-refractivity contribution >= 4 is 11.6 Å². The van der Waals surface area contributed by atoms with Gasteiger partial charge in [0.15, 0.2) is 0 Å². The number of hydrogen-bond donors (Lipinski definition) is 0. The van der Waals surface area contributed by atoms with Gasteiger partial charge in [-0.15, -0.1) is 0 Å². The van der Waals surface area contributed by atoms with Crippen LogP contribution in [0.5, 0.6) is 5.75 Å². The lowest BCUT2D eigenvalue weighted by molar-refractivity contribution is -0.130. The van der Waals surface area contributed by atoms with E-state index in [4.69, 9.17) is 4.74 Å². The molecule has 0 aliphatic rings. The van der Waals surface area contributed by atoms with Crippen LogP contribution in [0.15, 0.2) is 54.6 Å². The summed E-state index contributed by atoms with van der Waals surface area (Å²) in [6, 6.07) is 17.8. The van der Waals surface area contributed by atoms with Crippen LogP contribution in [0.3, 0.4) is 0 Å². The lowest BCUT2D eigenvalue weighted by Crippen LogP contribution is -2.27. The Balaban J connectivity index is 1.78. The van der Waals surface area contributed by atoms with E-state index in [0.29, 0.717) is 19.6 Å². The first-order valence-electron chi connectivity index (χ1n) is 7.74. The molecule has 0 N–H and O–H groups in total. The third-order valence-electron chi connectivity index (χ3n) is 3.63. The summed E-state index contributed by atoms with van der Waals surface area (Å²) in [5.74, 6) is 0.875. The first-order valence-corrected chi connectivity index (χ1v) is 7.74. The summed E-state index contributed by atoms with van der Waals surface area (Å²) in [5.41, 5.74) is 2.27. The zero-order chi connectivity index (χ0) is 16.7. The van der Waals surface area contributed by atoms with Gasteiger partial charge < -0.3 is 14.5 Å². The van der Waals surface area contributed by atoms with E-state index in [-0.39, 0.29) is 5.91 Å². The van der Waals surface area contributed by atoms with Crippen LogP contribution in [-0.2, 0) is 11.3 Å². The molecule has 0 aliphatic carbocycles. The van der Waals surface area contributed by atoms with Crippen LogP contribution >= 0.6 is 0 Å². The summed E-state index contributed by atoms with van der Waals surface area (Å²) in [6.45, 7) is 1.00. The van der Waals surface area contributed by atoms with Gasteiger partial charge in [0.05, 0.1) is 13.0 Å². The number of carbonyl (C=O) groups excluding carboxylic acids is 1. The van der Waals surface area contributed by atoms with Crippen LogP contribution in [0.1, 0.15) is 12.0 Å². The number of amides is 1. The van der Waals surface area contributed by atoms with Crippen LogP contribution in [-0.4, -0.2) is 38.6 Å². The van der Waals surface area contributed by atoms with Crippen molar-refractivity contribution < 1.29 is 9.53 Å². The Kier molecular flexibility index (Phi) is 6.03. The van der Waals surface area contributed by atoms with Gasteiger partial charge in [0.25, 0.3) is 0 Å². The lowest BCUT2D eigenvalue weighted by Gasteiger charge is -2.18. The average molecular weight is 312 g/mol. The zero-order valence-corrected chi connectivity index (χ0v) is 14.0. The van der Waals surface area contributed by atoms with E-state index in [0.717, 1.165) is 17.0 Å². The van der Waals surface area contributed by atoms with Gasteiger partial charge in [-0.05, 0) is 29.8 Å². The molecule has 0 radical (unpaired) electrons. The molecule has 0 spiro atoms. The van der Waals surface area contributed by atoms with Gasteiger partial charge in [0.2, 0.25) is 5.91 Å². The van der Waals surface area contributed by atoms with Crippen molar-refractivity contribution in [1.29, 1.82) is 0 Å². The first-order chi connectivity index (χ1) is 11.1. The number of rotatable bonds is 7. The van der Waals surface area contributed by atoms with Crippen molar-refractivity contribution in [3.05, 3.63) is 60.2 Å². The van der Waals surface area contributed by atoms with Crippen LogP contribution in [0, 0.1) is 0 Å². The van der Waals surface area contributed by atoms with E-state index < -0.39 is 0 Å². The van der Waals surface area contributed by atoms with E-state index in [1.165, 1.54) is 0 Å². The largest absolute Gasteiger partial charge is 0.493 e. The Bertz CT molecular complexity index is 609. The fourth-order valence-electron chi connectivity index (χ4n) is 2.23. The zero-order valence-electron chi connectivity index (χ0n) is 14.0. The van der Waals surface area contributed by atoms with E-state index in [1.807, 2.05) is 51.5 Å². The fourth-order valence-corrected chi connectivity index (χ4v) is 2.23. The minimum atomic E-state index is 0.0811. The van der Waals surface area contributed by atoms with E-state index in [2.05, 4.69) is 29.2 Å². The molecule has 0 aliphatic heterocycles. The van der Waals surface area contributed by atoms with Crippen LogP contribution < -0.4 is 9.64 Å². The molecular formula is C19H24N2O2. The summed E-state index contributed by atoms with van der Waals surface area (Å²) < 4.78 is 5.57. The van der Waals surface area contributed by atoms with E-state index in [9.17, 15) is 4.79 Å². The highest BCUT2D eigenvalue weighted by molar-refractivity contribution is 5.76. The summed E-state index contributed by atoms with van der Waals surface area (Å²) >= 11 is 0. The Labute approximate surface area is 138 Å². The standard InChI is InChI=1S/C19H24N2O2/c1-20(2)17-11-9-16(10-12-17)15-21(3)19(22)13-14-23-18-7-5-4-6-8-18/h4-12H,13-15H2,1-3H3. The molecule has 0 bridgehead atoms. The maximum atomic E-state index is 12.2. The number of para-hydroxylation sites is 1. The number of hydrogen-bond acceptors (Lipinski definition) is 3. The monoisotopic (exact) mass is 312 g/mol. The molecule has 0 fully saturated rings. The summed E-state index contributed by atoms with van der Waals surface area (Å²) in [5, 5.41) is 0. The molecular weight excluding hydrogens is 288 g/mol. The minimum absolute atomic E-state index is 0.0811. The second-order valence-electron chi connectivity index (χ2n) is 5.72. The molecule has 4 nitrogen and oxygen atoms in total. The van der Waals surface area contributed by atoms with Crippen molar-refractivity contribution in [2.75, 3.05) is 32.6 Å². The van der Waals surface area contributed by atoms with Crippen molar-refractivity contribution in [1.82, 2.24) is 4.90 Å². The SMILES string of the molecule is CN(Cc1ccc(N(C)C)cc1)C(=O)CCOc1ccccc1. The molecule has 0 aromatic heterocycles. The molecule has 4 heteroatoms. The van der Waals surface area contributed by atoms with Crippen molar-refractivity contribution in [3.63, 3.8) is 0 Å². The molecule has 122 valence electrons. The number of carbonyl (C=O) groups is 1. The second-order valence-corrected chi connectivity index (χ2v) is 5.72. The Morgan fingerprint density at radius 1 is 0.957 bits per heavy atom. The smallest absolute Gasteiger partial charge is 0.226 e. The lowest BCUT2D eigenvalue weighted by atomic mass is 10.2. The van der Waals surface area contributed by atoms with Crippen molar-refractivity contribution in [2.24, 2.45) is 0 Å². The normalized spacial score (nSPS) is 10.2. The third kappa shape index (κ3) is 5.33. The quantitative estimate of drug-likeness (QED) is 0.787. The van der Waals surface area contributed by atoms with Gasteiger partial charge in [-0.3, -0.25) is 4.79 Å². The fraction of sp³-hybridized carbons (Fsp3) is 0.316. The topological polar surface area (TPSA) is 32.8 Å². The summed E-state index contributed by atoms with van der Waals surface area (Å²) in [6.07, 6.45) is 0.376. The molecule has 0 heterocycles. The predicted molar refractivity (Wildman–Crippen MR) is 93.8 cm³/mol. The maximum Gasteiger partial charge on any atom is 0.226 e. The van der Waals surface area contributed by atoms with Gasteiger partial charge in [-0.1, -0.05) is 30.3 Å². The molecule has 2 rings (SSSR count). The molecule has 2 aromatic rings. The van der Waals surface area contributed by atoms with Gasteiger partial charge >= 0.3 is 0 Å². The number of anilines is 1. The Hall–Kier alpha value is -2.49. The highest BCUT2D eigenvalue weighted by Gasteiger charge is 2.09. The molecule has 0 atom stereocenters. The first kappa shape index (κ1) is 16.9. The predicted octanol–water partition coefficient (Wildman–Crippen LogP) is 3.18. The van der Waals surface area contributed by atoms with Crippen LogP contribution in [0.2, 0.25) is 0 Å². The van der Waals surface area contributed by atoms with Gasteiger partial charge in [-0.2, -0.15) is 0 Å². The molecule has 0 unspecified atom stereocenters. The number of ether oxygens (including phenoxy) is 1. The molecule has 0 saturated heterocycles. The maximum absolute atomic E-state index is 12.2. The van der Waals surface area contributed by atoms with Crippen molar-refractivity contribution in [3.8, 4) is 5.75 Å². The Morgan fingerprint density at radius 3 is 2.22 bits per heavy atom. The van der Waals surface area contributed by atoms with Crippen LogP contribution in [0.4, 0.5) is 5.69 Å². The number of benzene rings is 2. The molecule has 1 amide bonds. The minimum Gasteiger partial charge on any atom is -0.493 e. The third-order valence-corrected chi connectivity index (χ3v) is 3.63. The summed E-state index contributed by atoms with van der Waals surface area (Å²) in [7, 11) is 5.85. The van der Waals surface area contributed by atoms with Gasteiger partial charge in [-0.25, -0.2) is 0 Å². The Morgan fingerprint density at radius 2 is 1.61 bits per heavy atom. The van der Waals surface area contributed by atoms with Gasteiger partial charge in [0, 0.05) is 33.4 Å². The highest BCUT2D eigenvalue weighted by Crippen LogP contribution is 2.14. The van der Waals surface area contributed by atoms with Crippen LogP contribution in [0.25, 0.3) is 0 Å². The van der Waals surface area contributed by atoms with Crippen molar-refractivity contribution in [2.45, 2.75) is 13.0 Å². The second kappa shape index (κ2) is 8.22. The number of nitrogens with zero attached hydrogens (tertiary/aromatic N) is 2.